The van der Waals surface area contributed by atoms with Crippen LogP contribution in [0.1, 0.15) is 25.3 Å². The Morgan fingerprint density at radius 3 is 2.85 bits per heavy atom. The monoisotopic (exact) mass is 474 g/mol. The van der Waals surface area contributed by atoms with Crippen LogP contribution in [-0.2, 0) is 6.42 Å². The Labute approximate surface area is 173 Å². The topological polar surface area (TPSA) is 58.1 Å². The molecule has 0 saturated carbocycles. The molecule has 6 nitrogen and oxygen atoms in total. The molecule has 0 aliphatic carbocycles. The van der Waals surface area contributed by atoms with Crippen LogP contribution in [0.2, 0.25) is 0 Å². The van der Waals surface area contributed by atoms with Crippen LogP contribution in [0, 0.1) is 5.92 Å². The molecule has 0 radical (unpaired) electrons. The number of nitrogens with zero attached hydrogens (tertiary/aromatic N) is 2. The van der Waals surface area contributed by atoms with Crippen LogP contribution in [0.5, 0.6) is 11.5 Å². The molecule has 7 heteroatoms. The zero-order valence-corrected chi connectivity index (χ0v) is 18.1. The van der Waals surface area contributed by atoms with E-state index in [1.54, 1.807) is 0 Å². The van der Waals surface area contributed by atoms with Gasteiger partial charge in [0.2, 0.25) is 6.79 Å². The summed E-state index contributed by atoms with van der Waals surface area (Å²) in [6.07, 6.45) is 3.61. The zero-order chi connectivity index (χ0) is 17.5. The minimum absolute atomic E-state index is 0. The molecule has 1 aromatic rings. The molecule has 3 rings (SSSR count). The Morgan fingerprint density at radius 2 is 2.04 bits per heavy atom. The summed E-state index contributed by atoms with van der Waals surface area (Å²) in [6, 6.07) is 6.12. The highest BCUT2D eigenvalue weighted by Crippen LogP contribution is 2.32. The van der Waals surface area contributed by atoms with E-state index in [4.69, 9.17) is 9.47 Å². The van der Waals surface area contributed by atoms with Crippen molar-refractivity contribution in [1.82, 2.24) is 15.5 Å². The molecule has 1 saturated heterocycles. The minimum Gasteiger partial charge on any atom is -0.454 e. The molecule has 1 aromatic carbocycles. The fraction of sp³-hybridized carbons (Fsp3) is 0.632. The molecule has 1 fully saturated rings. The maximum Gasteiger partial charge on any atom is 0.231 e. The van der Waals surface area contributed by atoms with Crippen molar-refractivity contribution in [2.24, 2.45) is 10.9 Å². The smallest absolute Gasteiger partial charge is 0.231 e. The summed E-state index contributed by atoms with van der Waals surface area (Å²) in [6.45, 7) is 7.95. The molecular weight excluding hydrogens is 443 g/mol. The molecule has 2 N–H and O–H groups in total. The van der Waals surface area contributed by atoms with Gasteiger partial charge in [0.15, 0.2) is 17.5 Å². The van der Waals surface area contributed by atoms with Gasteiger partial charge in [-0.25, -0.2) is 0 Å². The van der Waals surface area contributed by atoms with Gasteiger partial charge in [-0.3, -0.25) is 4.99 Å². The number of nitrogens with one attached hydrogen (secondary N) is 2. The minimum atomic E-state index is 0. The summed E-state index contributed by atoms with van der Waals surface area (Å²) in [4.78, 5) is 6.85. The molecule has 2 aliphatic heterocycles. The number of fused-ring (bicyclic) bond motifs is 1. The Bertz CT molecular complexity index is 597. The lowest BCUT2D eigenvalue weighted by molar-refractivity contribution is 0.174. The highest BCUT2D eigenvalue weighted by atomic mass is 127. The predicted octanol–water partition coefficient (Wildman–Crippen LogP) is 2.47. The molecule has 1 unspecified atom stereocenters. The fourth-order valence-electron chi connectivity index (χ4n) is 3.46. The second-order valence-corrected chi connectivity index (χ2v) is 6.91. The first-order valence-corrected chi connectivity index (χ1v) is 9.30. The third-order valence-corrected chi connectivity index (χ3v) is 4.83. The number of benzene rings is 1. The first-order valence-electron chi connectivity index (χ1n) is 9.30. The number of ether oxygens (including phenoxy) is 2. The Hall–Kier alpha value is -1.22. The van der Waals surface area contributed by atoms with Gasteiger partial charge >= 0.3 is 0 Å². The first kappa shape index (κ1) is 21.1. The van der Waals surface area contributed by atoms with E-state index in [9.17, 15) is 0 Å². The highest BCUT2D eigenvalue weighted by Gasteiger charge is 2.15. The van der Waals surface area contributed by atoms with E-state index in [2.05, 4.69) is 39.6 Å². The lowest BCUT2D eigenvalue weighted by Crippen LogP contribution is -2.44. The van der Waals surface area contributed by atoms with E-state index < -0.39 is 0 Å². The maximum atomic E-state index is 5.42. The van der Waals surface area contributed by atoms with E-state index in [1.165, 1.54) is 31.5 Å². The number of halogens is 1. The summed E-state index contributed by atoms with van der Waals surface area (Å²) < 4.78 is 10.8. The average molecular weight is 474 g/mol. The van der Waals surface area contributed by atoms with E-state index in [0.717, 1.165) is 49.4 Å². The van der Waals surface area contributed by atoms with Crippen LogP contribution in [0.25, 0.3) is 0 Å². The molecular formula is C19H31IN4O2. The predicted molar refractivity (Wildman–Crippen MR) is 116 cm³/mol. The van der Waals surface area contributed by atoms with Crippen LogP contribution < -0.4 is 20.1 Å². The van der Waals surface area contributed by atoms with Crippen LogP contribution in [0.4, 0.5) is 0 Å². The molecule has 146 valence electrons. The molecule has 2 heterocycles. The molecule has 0 bridgehead atoms. The molecule has 0 spiro atoms. The lowest BCUT2D eigenvalue weighted by Gasteiger charge is -2.30. The number of guanidine groups is 1. The number of piperidine rings is 1. The van der Waals surface area contributed by atoms with Crippen LogP contribution in [0.15, 0.2) is 23.2 Å². The highest BCUT2D eigenvalue weighted by molar-refractivity contribution is 14.0. The summed E-state index contributed by atoms with van der Waals surface area (Å²) in [5, 5.41) is 6.79. The van der Waals surface area contributed by atoms with Crippen molar-refractivity contribution in [2.45, 2.75) is 26.2 Å². The molecule has 26 heavy (non-hydrogen) atoms. The Balaban J connectivity index is 0.00000243. The quantitative estimate of drug-likeness (QED) is 0.377. The van der Waals surface area contributed by atoms with Gasteiger partial charge < -0.3 is 25.0 Å². The van der Waals surface area contributed by atoms with E-state index in [1.807, 2.05) is 13.1 Å². The van der Waals surface area contributed by atoms with Crippen molar-refractivity contribution in [1.29, 1.82) is 0 Å². The van der Waals surface area contributed by atoms with Crippen molar-refractivity contribution in [3.63, 3.8) is 0 Å². The number of hydrogen-bond acceptors (Lipinski definition) is 4. The second kappa shape index (κ2) is 10.8. The first-order chi connectivity index (χ1) is 12.2. The van der Waals surface area contributed by atoms with Crippen molar-refractivity contribution < 1.29 is 9.47 Å². The van der Waals surface area contributed by atoms with E-state index >= 15 is 0 Å². The van der Waals surface area contributed by atoms with Gasteiger partial charge in [-0.1, -0.05) is 13.0 Å². The zero-order valence-electron chi connectivity index (χ0n) is 15.8. The molecule has 0 aromatic heterocycles. The van der Waals surface area contributed by atoms with Gasteiger partial charge in [-0.05, 0) is 49.4 Å². The number of aliphatic imine (C=N–C) groups is 1. The summed E-state index contributed by atoms with van der Waals surface area (Å²) in [5.74, 6) is 3.37. The normalized spacial score (nSPS) is 19.8. The van der Waals surface area contributed by atoms with Crippen molar-refractivity contribution >= 4 is 29.9 Å². The summed E-state index contributed by atoms with van der Waals surface area (Å²) >= 11 is 0. The van der Waals surface area contributed by atoms with Gasteiger partial charge in [-0.15, -0.1) is 24.0 Å². The van der Waals surface area contributed by atoms with Gasteiger partial charge in [0.05, 0.1) is 0 Å². The van der Waals surface area contributed by atoms with Gasteiger partial charge in [0.25, 0.3) is 0 Å². The third kappa shape index (κ3) is 6.19. The number of likely N-dealkylation sites (tertiary alicyclic amines) is 1. The van der Waals surface area contributed by atoms with Crippen LogP contribution in [0.3, 0.4) is 0 Å². The molecule has 1 atom stereocenters. The van der Waals surface area contributed by atoms with Crippen LogP contribution in [-0.4, -0.2) is 57.4 Å². The largest absolute Gasteiger partial charge is 0.454 e. The SMILES string of the molecule is CN=C(NCCc1ccc2c(c1)OCO2)NCCN1CCCC(C)C1.I. The van der Waals surface area contributed by atoms with Gasteiger partial charge in [0, 0.05) is 33.2 Å². The average Bonchev–Trinajstić information content (AvgIpc) is 3.08. The number of rotatable bonds is 6. The van der Waals surface area contributed by atoms with E-state index in [-0.39, 0.29) is 24.0 Å². The van der Waals surface area contributed by atoms with Gasteiger partial charge in [-0.2, -0.15) is 0 Å². The standard InChI is InChI=1S/C19H30N4O2.HI/c1-15-4-3-10-23(13-15)11-9-22-19(20-2)21-8-7-16-5-6-17-18(12-16)25-14-24-17;/h5-6,12,15H,3-4,7-11,13-14H2,1-2H3,(H2,20,21,22);1H. The third-order valence-electron chi connectivity index (χ3n) is 4.83. The number of hydrogen-bond donors (Lipinski definition) is 2. The Kier molecular flexibility index (Phi) is 8.77. The lowest BCUT2D eigenvalue weighted by atomic mass is 10.0. The van der Waals surface area contributed by atoms with Crippen molar-refractivity contribution in [2.75, 3.05) is 46.6 Å². The van der Waals surface area contributed by atoms with E-state index in [0.29, 0.717) is 6.79 Å². The van der Waals surface area contributed by atoms with Crippen molar-refractivity contribution in [3.05, 3.63) is 23.8 Å². The maximum absolute atomic E-state index is 5.42. The van der Waals surface area contributed by atoms with Crippen molar-refractivity contribution in [3.8, 4) is 11.5 Å². The fourth-order valence-corrected chi connectivity index (χ4v) is 3.46. The Morgan fingerprint density at radius 1 is 1.23 bits per heavy atom. The second-order valence-electron chi connectivity index (χ2n) is 6.91. The molecule has 2 aliphatic rings. The summed E-state index contributed by atoms with van der Waals surface area (Å²) in [7, 11) is 1.82. The summed E-state index contributed by atoms with van der Waals surface area (Å²) in [5.41, 5.74) is 1.23. The molecule has 0 amide bonds. The van der Waals surface area contributed by atoms with Crippen LogP contribution >= 0.6 is 24.0 Å². The van der Waals surface area contributed by atoms with Gasteiger partial charge in [0.1, 0.15) is 0 Å².